The van der Waals surface area contributed by atoms with E-state index in [-0.39, 0.29) is 0 Å². The van der Waals surface area contributed by atoms with Crippen LogP contribution in [0.5, 0.6) is 0 Å². The average Bonchev–Trinajstić information content (AvgIpc) is 2.10. The Kier molecular flexibility index (Phi) is 10.9. The van der Waals surface area contributed by atoms with Gasteiger partial charge < -0.3 is 5.73 Å². The SMILES string of the molecule is CCCCCCCC[CH]CCN. The van der Waals surface area contributed by atoms with Gasteiger partial charge in [-0.3, -0.25) is 0 Å². The number of unbranched alkanes of at least 4 members (excludes halogenated alkanes) is 8. The first-order valence-electron chi connectivity index (χ1n) is 5.43. The van der Waals surface area contributed by atoms with Crippen LogP contribution in [0.4, 0.5) is 0 Å². The lowest BCUT2D eigenvalue weighted by Gasteiger charge is -1.99. The number of nitrogens with two attached hydrogens (primary N) is 1. The van der Waals surface area contributed by atoms with Gasteiger partial charge in [0.15, 0.2) is 0 Å². The fourth-order valence-electron chi connectivity index (χ4n) is 1.33. The minimum Gasteiger partial charge on any atom is -0.330 e. The summed E-state index contributed by atoms with van der Waals surface area (Å²) in [6.07, 6.45) is 13.0. The summed E-state index contributed by atoms with van der Waals surface area (Å²) >= 11 is 0. The van der Waals surface area contributed by atoms with E-state index in [1.807, 2.05) is 0 Å². The normalized spacial score (nSPS) is 10.5. The van der Waals surface area contributed by atoms with Crippen molar-refractivity contribution in [3.05, 3.63) is 6.42 Å². The Hall–Kier alpha value is -0.0400. The molecule has 0 saturated heterocycles. The highest BCUT2D eigenvalue weighted by molar-refractivity contribution is 4.64. The van der Waals surface area contributed by atoms with Crippen LogP contribution < -0.4 is 5.73 Å². The summed E-state index contributed by atoms with van der Waals surface area (Å²) in [4.78, 5) is 0. The van der Waals surface area contributed by atoms with E-state index in [0.717, 1.165) is 13.0 Å². The van der Waals surface area contributed by atoms with E-state index in [0.29, 0.717) is 0 Å². The Bertz CT molecular complexity index is 61.4. The number of hydrogen-bond acceptors (Lipinski definition) is 1. The van der Waals surface area contributed by atoms with Crippen LogP contribution in [0.2, 0.25) is 0 Å². The van der Waals surface area contributed by atoms with Crippen molar-refractivity contribution in [2.24, 2.45) is 5.73 Å². The van der Waals surface area contributed by atoms with E-state index in [4.69, 9.17) is 5.73 Å². The molecule has 1 nitrogen and oxygen atoms in total. The molecule has 0 aliphatic carbocycles. The van der Waals surface area contributed by atoms with Gasteiger partial charge >= 0.3 is 0 Å². The molecule has 73 valence electrons. The second kappa shape index (κ2) is 11.0. The Morgan fingerprint density at radius 1 is 0.917 bits per heavy atom. The van der Waals surface area contributed by atoms with Crippen LogP contribution >= 0.6 is 0 Å². The fraction of sp³-hybridized carbons (Fsp3) is 0.909. The van der Waals surface area contributed by atoms with E-state index >= 15 is 0 Å². The van der Waals surface area contributed by atoms with Crippen molar-refractivity contribution in [3.8, 4) is 0 Å². The minimum absolute atomic E-state index is 0.815. The van der Waals surface area contributed by atoms with Gasteiger partial charge in [-0.05, 0) is 19.4 Å². The molecule has 0 fully saturated rings. The summed E-state index contributed by atoms with van der Waals surface area (Å²) in [5.74, 6) is 0. The largest absolute Gasteiger partial charge is 0.330 e. The molecule has 0 spiro atoms. The maximum Gasteiger partial charge on any atom is -0.00745 e. The molecule has 12 heavy (non-hydrogen) atoms. The summed E-state index contributed by atoms with van der Waals surface area (Å²) in [7, 11) is 0. The third-order valence-corrected chi connectivity index (χ3v) is 2.13. The molecule has 0 bridgehead atoms. The molecule has 0 saturated carbocycles. The van der Waals surface area contributed by atoms with Gasteiger partial charge in [0.25, 0.3) is 0 Å². The van der Waals surface area contributed by atoms with Crippen LogP contribution in [-0.4, -0.2) is 6.54 Å². The summed E-state index contributed by atoms with van der Waals surface area (Å²) in [5.41, 5.74) is 5.38. The first-order valence-corrected chi connectivity index (χ1v) is 5.43. The zero-order chi connectivity index (χ0) is 9.07. The standard InChI is InChI=1S/C11H24N/c1-2-3-4-5-6-7-8-9-10-11-12/h9H,2-8,10-12H2,1H3. The molecule has 0 aliphatic heterocycles. The quantitative estimate of drug-likeness (QED) is 0.528. The number of rotatable bonds is 9. The molecule has 0 rings (SSSR count). The van der Waals surface area contributed by atoms with E-state index in [1.165, 1.54) is 44.9 Å². The predicted octanol–water partition coefficient (Wildman–Crippen LogP) is 3.29. The van der Waals surface area contributed by atoms with Crippen LogP contribution in [0.1, 0.15) is 58.3 Å². The third-order valence-electron chi connectivity index (χ3n) is 2.13. The van der Waals surface area contributed by atoms with Gasteiger partial charge in [-0.25, -0.2) is 0 Å². The van der Waals surface area contributed by atoms with Crippen LogP contribution in [0, 0.1) is 6.42 Å². The van der Waals surface area contributed by atoms with Crippen molar-refractivity contribution >= 4 is 0 Å². The first-order chi connectivity index (χ1) is 5.91. The van der Waals surface area contributed by atoms with Crippen molar-refractivity contribution < 1.29 is 0 Å². The van der Waals surface area contributed by atoms with Gasteiger partial charge in [0.05, 0.1) is 0 Å². The summed E-state index contributed by atoms with van der Waals surface area (Å²) in [6.45, 7) is 3.07. The van der Waals surface area contributed by atoms with Crippen molar-refractivity contribution in [1.82, 2.24) is 0 Å². The van der Waals surface area contributed by atoms with Gasteiger partial charge in [-0.15, -0.1) is 0 Å². The maximum atomic E-state index is 5.38. The monoisotopic (exact) mass is 170 g/mol. The minimum atomic E-state index is 0.815. The lowest BCUT2D eigenvalue weighted by molar-refractivity contribution is 0.601. The fourth-order valence-corrected chi connectivity index (χ4v) is 1.33. The predicted molar refractivity (Wildman–Crippen MR) is 56.0 cm³/mol. The van der Waals surface area contributed by atoms with E-state index < -0.39 is 0 Å². The molecule has 0 amide bonds. The molecular weight excluding hydrogens is 146 g/mol. The highest BCUT2D eigenvalue weighted by atomic mass is 14.5. The van der Waals surface area contributed by atoms with Crippen molar-refractivity contribution in [3.63, 3.8) is 0 Å². The van der Waals surface area contributed by atoms with Gasteiger partial charge in [-0.2, -0.15) is 0 Å². The highest BCUT2D eigenvalue weighted by Gasteiger charge is 1.90. The van der Waals surface area contributed by atoms with Gasteiger partial charge in [-0.1, -0.05) is 51.9 Å². The van der Waals surface area contributed by atoms with Gasteiger partial charge in [0, 0.05) is 0 Å². The lowest BCUT2D eigenvalue weighted by Crippen LogP contribution is -1.97. The molecule has 0 aromatic rings. The van der Waals surface area contributed by atoms with E-state index in [9.17, 15) is 0 Å². The Morgan fingerprint density at radius 2 is 1.58 bits per heavy atom. The van der Waals surface area contributed by atoms with Crippen LogP contribution in [-0.2, 0) is 0 Å². The topological polar surface area (TPSA) is 26.0 Å². The second-order valence-electron chi connectivity index (χ2n) is 3.42. The van der Waals surface area contributed by atoms with Gasteiger partial charge in [0.1, 0.15) is 0 Å². The highest BCUT2D eigenvalue weighted by Crippen LogP contribution is 2.08. The molecule has 1 heteroatoms. The van der Waals surface area contributed by atoms with Crippen LogP contribution in [0.3, 0.4) is 0 Å². The smallest absolute Gasteiger partial charge is 0.00745 e. The molecular formula is C11H24N. The molecule has 2 N–H and O–H groups in total. The Labute approximate surface area is 77.7 Å². The van der Waals surface area contributed by atoms with Crippen molar-refractivity contribution in [2.45, 2.75) is 58.3 Å². The summed E-state index contributed by atoms with van der Waals surface area (Å²) in [6, 6.07) is 0. The average molecular weight is 170 g/mol. The molecule has 1 radical (unpaired) electrons. The lowest BCUT2D eigenvalue weighted by atomic mass is 10.1. The van der Waals surface area contributed by atoms with E-state index in [2.05, 4.69) is 13.3 Å². The van der Waals surface area contributed by atoms with Crippen LogP contribution in [0.25, 0.3) is 0 Å². The number of hydrogen-bond donors (Lipinski definition) is 1. The Morgan fingerprint density at radius 3 is 2.25 bits per heavy atom. The molecule has 0 heterocycles. The molecule has 0 aromatic heterocycles. The molecule has 0 unspecified atom stereocenters. The molecule has 0 aromatic carbocycles. The molecule has 0 aliphatic rings. The van der Waals surface area contributed by atoms with Crippen LogP contribution in [0.15, 0.2) is 0 Å². The zero-order valence-electron chi connectivity index (χ0n) is 8.52. The summed E-state index contributed by atoms with van der Waals surface area (Å²) in [5, 5.41) is 0. The zero-order valence-corrected chi connectivity index (χ0v) is 8.52. The molecule has 0 atom stereocenters. The van der Waals surface area contributed by atoms with E-state index in [1.54, 1.807) is 0 Å². The Balaban J connectivity index is 2.73. The first kappa shape index (κ1) is 12.0. The summed E-state index contributed by atoms with van der Waals surface area (Å²) < 4.78 is 0. The third kappa shape index (κ3) is 9.96. The second-order valence-corrected chi connectivity index (χ2v) is 3.42. The van der Waals surface area contributed by atoms with Crippen molar-refractivity contribution in [2.75, 3.05) is 6.54 Å². The van der Waals surface area contributed by atoms with Gasteiger partial charge in [0.2, 0.25) is 0 Å². The maximum absolute atomic E-state index is 5.38. The van der Waals surface area contributed by atoms with Crippen molar-refractivity contribution in [1.29, 1.82) is 0 Å².